The second-order valence-electron chi connectivity index (χ2n) is 7.79. The van der Waals surface area contributed by atoms with E-state index < -0.39 is 5.25 Å². The molecule has 2 amide bonds. The zero-order valence-electron chi connectivity index (χ0n) is 17.1. The molecule has 1 fully saturated rings. The Morgan fingerprint density at radius 2 is 1.93 bits per heavy atom. The molecule has 1 saturated heterocycles. The summed E-state index contributed by atoms with van der Waals surface area (Å²) in [5.74, 6) is 0.642. The van der Waals surface area contributed by atoms with Crippen LogP contribution in [0.2, 0.25) is 0 Å². The van der Waals surface area contributed by atoms with Crippen molar-refractivity contribution in [3.63, 3.8) is 0 Å². The molecule has 2 aliphatic heterocycles. The van der Waals surface area contributed by atoms with Crippen LogP contribution in [-0.2, 0) is 9.59 Å². The third-order valence-corrected chi connectivity index (χ3v) is 7.11. The monoisotopic (exact) mass is 426 g/mol. The van der Waals surface area contributed by atoms with Crippen molar-refractivity contribution >= 4 is 29.3 Å². The number of methoxy groups -OCH3 is 1. The molecule has 2 heterocycles. The van der Waals surface area contributed by atoms with Crippen LogP contribution in [-0.4, -0.2) is 43.8 Å². The average Bonchev–Trinajstić information content (AvgIpc) is 3.29. The molecule has 4 rings (SSSR count). The SMILES string of the molecule is COc1ccc([C@@H](CNC(=O)C[C@H]2Sc3ccccc3NC2=O)[NH+]2CCCC2)cc1. The Labute approximate surface area is 181 Å². The Hall–Kier alpha value is -2.51. The molecule has 30 heavy (non-hydrogen) atoms. The summed E-state index contributed by atoms with van der Waals surface area (Å²) >= 11 is 1.46. The smallest absolute Gasteiger partial charge is 0.238 e. The lowest BCUT2D eigenvalue weighted by molar-refractivity contribution is -0.918. The van der Waals surface area contributed by atoms with E-state index in [1.807, 2.05) is 36.4 Å². The molecular weight excluding hydrogens is 398 g/mol. The second kappa shape index (κ2) is 9.53. The molecule has 0 aromatic heterocycles. The van der Waals surface area contributed by atoms with Gasteiger partial charge in [-0.05, 0) is 36.4 Å². The van der Waals surface area contributed by atoms with Crippen LogP contribution in [0.15, 0.2) is 53.4 Å². The minimum Gasteiger partial charge on any atom is -0.497 e. The fourth-order valence-corrected chi connectivity index (χ4v) is 5.31. The van der Waals surface area contributed by atoms with Gasteiger partial charge in [-0.2, -0.15) is 0 Å². The van der Waals surface area contributed by atoms with Crippen molar-refractivity contribution in [3.8, 4) is 5.75 Å². The Bertz CT molecular complexity index is 897. The molecule has 0 radical (unpaired) electrons. The summed E-state index contributed by atoms with van der Waals surface area (Å²) in [4.78, 5) is 27.6. The van der Waals surface area contributed by atoms with Crippen LogP contribution in [0.3, 0.4) is 0 Å². The third kappa shape index (κ3) is 4.79. The average molecular weight is 427 g/mol. The lowest BCUT2D eigenvalue weighted by Gasteiger charge is -2.26. The number of thioether (sulfide) groups is 1. The summed E-state index contributed by atoms with van der Waals surface area (Å²) in [7, 11) is 1.66. The normalized spacial score (nSPS) is 19.6. The standard InChI is InChI=1S/C23H27N3O3S/c1-29-17-10-8-16(9-11-17)19(26-12-4-5-13-26)15-24-22(27)14-21-23(28)25-18-6-2-3-7-20(18)30-21/h2-3,6-11,19,21H,4-5,12-15H2,1H3,(H,24,27)(H,25,28)/p+1/t19-,21-/m1/s1. The number of anilines is 1. The number of fused-ring (bicyclic) bond motifs is 1. The minimum absolute atomic E-state index is 0.0841. The van der Waals surface area contributed by atoms with Gasteiger partial charge in [0.05, 0.1) is 37.7 Å². The number of hydrogen-bond donors (Lipinski definition) is 3. The van der Waals surface area contributed by atoms with E-state index in [1.165, 1.54) is 35.1 Å². The molecule has 2 atom stereocenters. The van der Waals surface area contributed by atoms with Gasteiger partial charge < -0.3 is 20.3 Å². The molecule has 6 nitrogen and oxygen atoms in total. The number of rotatable bonds is 7. The third-order valence-electron chi connectivity index (χ3n) is 5.84. The predicted octanol–water partition coefficient (Wildman–Crippen LogP) is 2.03. The minimum atomic E-state index is -0.404. The van der Waals surface area contributed by atoms with Crippen molar-refractivity contribution in [1.82, 2.24) is 5.32 Å². The van der Waals surface area contributed by atoms with E-state index in [0.29, 0.717) is 6.54 Å². The molecule has 0 bridgehead atoms. The fourth-order valence-electron chi connectivity index (χ4n) is 4.20. The van der Waals surface area contributed by atoms with Gasteiger partial charge in [0.25, 0.3) is 0 Å². The zero-order valence-corrected chi connectivity index (χ0v) is 18.0. The van der Waals surface area contributed by atoms with E-state index in [0.717, 1.165) is 29.4 Å². The Morgan fingerprint density at radius 3 is 2.67 bits per heavy atom. The second-order valence-corrected chi connectivity index (χ2v) is 9.04. The van der Waals surface area contributed by atoms with Crippen LogP contribution < -0.4 is 20.3 Å². The summed E-state index contributed by atoms with van der Waals surface area (Å²) < 4.78 is 5.28. The first-order chi connectivity index (χ1) is 14.6. The number of para-hydroxylation sites is 1. The highest BCUT2D eigenvalue weighted by Crippen LogP contribution is 2.36. The quantitative estimate of drug-likeness (QED) is 0.634. The van der Waals surface area contributed by atoms with E-state index in [-0.39, 0.29) is 24.3 Å². The highest BCUT2D eigenvalue weighted by atomic mass is 32.2. The summed E-state index contributed by atoms with van der Waals surface area (Å²) in [6.07, 6.45) is 2.61. The lowest BCUT2D eigenvalue weighted by Crippen LogP contribution is -3.11. The summed E-state index contributed by atoms with van der Waals surface area (Å²) in [6, 6.07) is 16.0. The van der Waals surface area contributed by atoms with Crippen molar-refractivity contribution in [2.75, 3.05) is 32.1 Å². The summed E-state index contributed by atoms with van der Waals surface area (Å²) in [5, 5.41) is 5.60. The van der Waals surface area contributed by atoms with Gasteiger partial charge in [-0.1, -0.05) is 12.1 Å². The maximum Gasteiger partial charge on any atom is 0.238 e. The number of benzene rings is 2. The highest BCUT2D eigenvalue weighted by Gasteiger charge is 2.31. The molecule has 3 N–H and O–H groups in total. The van der Waals surface area contributed by atoms with Crippen molar-refractivity contribution in [2.24, 2.45) is 0 Å². The number of quaternary nitrogens is 1. The topological polar surface area (TPSA) is 71.9 Å². The Kier molecular flexibility index (Phi) is 6.59. The molecule has 2 aromatic rings. The maximum absolute atomic E-state index is 12.7. The van der Waals surface area contributed by atoms with E-state index in [4.69, 9.17) is 4.74 Å². The van der Waals surface area contributed by atoms with Crippen LogP contribution in [0.1, 0.15) is 30.9 Å². The van der Waals surface area contributed by atoms with Crippen molar-refractivity contribution in [2.45, 2.75) is 35.4 Å². The number of carbonyl (C=O) groups is 2. The molecule has 0 unspecified atom stereocenters. The van der Waals surface area contributed by atoms with E-state index in [9.17, 15) is 9.59 Å². The number of hydrogen-bond acceptors (Lipinski definition) is 4. The van der Waals surface area contributed by atoms with Crippen molar-refractivity contribution < 1.29 is 19.2 Å². The maximum atomic E-state index is 12.7. The molecule has 158 valence electrons. The molecule has 0 saturated carbocycles. The first-order valence-corrected chi connectivity index (χ1v) is 11.3. The van der Waals surface area contributed by atoms with Crippen molar-refractivity contribution in [3.05, 3.63) is 54.1 Å². The largest absolute Gasteiger partial charge is 0.497 e. The lowest BCUT2D eigenvalue weighted by atomic mass is 10.0. The molecule has 0 aliphatic carbocycles. The van der Waals surface area contributed by atoms with Crippen LogP contribution in [0.4, 0.5) is 5.69 Å². The van der Waals surface area contributed by atoms with E-state index in [1.54, 1.807) is 7.11 Å². The molecule has 7 heteroatoms. The van der Waals surface area contributed by atoms with Crippen LogP contribution in [0, 0.1) is 0 Å². The van der Waals surface area contributed by atoms with Gasteiger partial charge in [0.1, 0.15) is 11.8 Å². The van der Waals surface area contributed by atoms with Crippen LogP contribution in [0.5, 0.6) is 5.75 Å². The Morgan fingerprint density at radius 1 is 1.20 bits per heavy atom. The number of nitrogens with one attached hydrogen (secondary N) is 3. The van der Waals surface area contributed by atoms with Crippen LogP contribution in [0.25, 0.3) is 0 Å². The van der Waals surface area contributed by atoms with Gasteiger partial charge >= 0.3 is 0 Å². The van der Waals surface area contributed by atoms with Gasteiger partial charge in [0.2, 0.25) is 11.8 Å². The number of ether oxygens (including phenoxy) is 1. The van der Waals surface area contributed by atoms with Crippen molar-refractivity contribution in [1.29, 1.82) is 0 Å². The van der Waals surface area contributed by atoms with E-state index >= 15 is 0 Å². The van der Waals surface area contributed by atoms with Gasteiger partial charge in [-0.25, -0.2) is 0 Å². The number of carbonyl (C=O) groups excluding carboxylic acids is 2. The summed E-state index contributed by atoms with van der Waals surface area (Å²) in [6.45, 7) is 2.80. The van der Waals surface area contributed by atoms with Gasteiger partial charge in [-0.15, -0.1) is 11.8 Å². The van der Waals surface area contributed by atoms with Gasteiger partial charge in [-0.3, -0.25) is 9.59 Å². The first kappa shape index (κ1) is 20.8. The summed E-state index contributed by atoms with van der Waals surface area (Å²) in [5.41, 5.74) is 2.02. The van der Waals surface area contributed by atoms with Crippen LogP contribution >= 0.6 is 11.8 Å². The fraction of sp³-hybridized carbons (Fsp3) is 0.391. The molecule has 0 spiro atoms. The molecule has 2 aromatic carbocycles. The predicted molar refractivity (Wildman–Crippen MR) is 118 cm³/mol. The number of likely N-dealkylation sites (tertiary alicyclic amines) is 1. The first-order valence-electron chi connectivity index (χ1n) is 10.5. The zero-order chi connectivity index (χ0) is 20.9. The van der Waals surface area contributed by atoms with Gasteiger partial charge in [0, 0.05) is 29.7 Å². The highest BCUT2D eigenvalue weighted by molar-refractivity contribution is 8.01. The number of amides is 2. The van der Waals surface area contributed by atoms with Gasteiger partial charge in [0.15, 0.2) is 0 Å². The Balaban J connectivity index is 1.38. The van der Waals surface area contributed by atoms with E-state index in [2.05, 4.69) is 22.8 Å². The molecular formula is C23H28N3O3S+. The molecule has 2 aliphatic rings.